The van der Waals surface area contributed by atoms with Gasteiger partial charge in [0.2, 0.25) is 0 Å². The Hall–Kier alpha value is -1.81. The lowest BCUT2D eigenvalue weighted by molar-refractivity contribution is -0.137. The maximum absolute atomic E-state index is 10.6. The van der Waals surface area contributed by atoms with E-state index in [0.717, 1.165) is 22.0 Å². The predicted octanol–water partition coefficient (Wildman–Crippen LogP) is 1.95. The first-order valence-corrected chi connectivity index (χ1v) is 5.13. The zero-order valence-corrected chi connectivity index (χ0v) is 9.03. The summed E-state index contributed by atoms with van der Waals surface area (Å²) < 4.78 is 0. The molecule has 0 bridgehead atoms. The summed E-state index contributed by atoms with van der Waals surface area (Å²) in [5.41, 5.74) is 8.86. The number of carboxylic acid groups (broad SMARTS) is 1. The van der Waals surface area contributed by atoms with Crippen molar-refractivity contribution in [1.82, 2.24) is 4.98 Å². The van der Waals surface area contributed by atoms with Gasteiger partial charge < -0.3 is 15.8 Å². The summed E-state index contributed by atoms with van der Waals surface area (Å²) in [7, 11) is 0. The zero-order chi connectivity index (χ0) is 11.7. The molecule has 0 aliphatic heterocycles. The van der Waals surface area contributed by atoms with Crippen molar-refractivity contribution in [2.24, 2.45) is 5.73 Å². The molecule has 0 fully saturated rings. The average molecular weight is 218 g/mol. The molecular weight excluding hydrogens is 204 g/mol. The van der Waals surface area contributed by atoms with Crippen LogP contribution in [0.25, 0.3) is 10.9 Å². The summed E-state index contributed by atoms with van der Waals surface area (Å²) in [6.45, 7) is 2.01. The van der Waals surface area contributed by atoms with Crippen molar-refractivity contribution in [3.05, 3.63) is 35.5 Å². The van der Waals surface area contributed by atoms with E-state index in [9.17, 15) is 4.79 Å². The van der Waals surface area contributed by atoms with E-state index >= 15 is 0 Å². The Balaban J connectivity index is 2.41. The molecule has 0 spiro atoms. The van der Waals surface area contributed by atoms with Gasteiger partial charge in [-0.2, -0.15) is 0 Å². The number of nitrogens with one attached hydrogen (secondary N) is 1. The quantitative estimate of drug-likeness (QED) is 0.736. The predicted molar refractivity (Wildman–Crippen MR) is 62.2 cm³/mol. The molecule has 0 aliphatic carbocycles. The molecule has 4 N–H and O–H groups in total. The van der Waals surface area contributed by atoms with Gasteiger partial charge >= 0.3 is 5.97 Å². The number of rotatable bonds is 3. The Kier molecular flexibility index (Phi) is 2.66. The number of nitrogens with two attached hydrogens (primary N) is 1. The molecule has 16 heavy (non-hydrogen) atoms. The van der Waals surface area contributed by atoms with Crippen molar-refractivity contribution in [2.45, 2.75) is 19.4 Å². The Morgan fingerprint density at radius 3 is 3.00 bits per heavy atom. The highest BCUT2D eigenvalue weighted by atomic mass is 16.4. The number of aliphatic carboxylic acids is 1. The third kappa shape index (κ3) is 1.92. The Labute approximate surface area is 93.1 Å². The summed E-state index contributed by atoms with van der Waals surface area (Å²) in [6.07, 6.45) is 1.73. The molecule has 84 valence electrons. The van der Waals surface area contributed by atoms with E-state index in [1.807, 2.05) is 25.1 Å². The smallest absolute Gasteiger partial charge is 0.305 e. The van der Waals surface area contributed by atoms with Crippen molar-refractivity contribution in [3.63, 3.8) is 0 Å². The summed E-state index contributed by atoms with van der Waals surface area (Å²) >= 11 is 0. The minimum atomic E-state index is -0.881. The highest BCUT2D eigenvalue weighted by Gasteiger charge is 2.14. The SMILES string of the molecule is Cc1ccc2c([C@H](N)CC(=O)O)c[nH]c2c1. The number of benzene rings is 1. The van der Waals surface area contributed by atoms with Gasteiger partial charge in [-0.3, -0.25) is 4.79 Å². The van der Waals surface area contributed by atoms with Gasteiger partial charge in [-0.1, -0.05) is 12.1 Å². The van der Waals surface area contributed by atoms with Crippen LogP contribution >= 0.6 is 0 Å². The van der Waals surface area contributed by atoms with Crippen LogP contribution in [0.15, 0.2) is 24.4 Å². The van der Waals surface area contributed by atoms with Crippen LogP contribution in [0, 0.1) is 6.92 Å². The van der Waals surface area contributed by atoms with Gasteiger partial charge in [0, 0.05) is 23.1 Å². The monoisotopic (exact) mass is 218 g/mol. The standard InChI is InChI=1S/C12H14N2O2/c1-7-2-3-8-9(6-14-11(8)4-7)10(13)5-12(15)16/h2-4,6,10,14H,5,13H2,1H3,(H,15,16)/t10-/m1/s1. The molecule has 1 aromatic heterocycles. The first-order chi connectivity index (χ1) is 7.58. The molecular formula is C12H14N2O2. The molecule has 0 saturated heterocycles. The molecule has 0 radical (unpaired) electrons. The van der Waals surface area contributed by atoms with Crippen LogP contribution in [0.5, 0.6) is 0 Å². The maximum atomic E-state index is 10.6. The van der Waals surface area contributed by atoms with E-state index in [-0.39, 0.29) is 6.42 Å². The van der Waals surface area contributed by atoms with Gasteiger partial charge in [-0.25, -0.2) is 0 Å². The Morgan fingerprint density at radius 1 is 1.56 bits per heavy atom. The summed E-state index contributed by atoms with van der Waals surface area (Å²) in [5.74, 6) is -0.881. The fourth-order valence-electron chi connectivity index (χ4n) is 1.87. The molecule has 1 atom stereocenters. The van der Waals surface area contributed by atoms with Crippen LogP contribution < -0.4 is 5.73 Å². The number of aromatic nitrogens is 1. The second kappa shape index (κ2) is 3.98. The third-order valence-electron chi connectivity index (χ3n) is 2.66. The molecule has 0 unspecified atom stereocenters. The summed E-state index contributed by atoms with van der Waals surface area (Å²) in [4.78, 5) is 13.7. The molecule has 0 saturated carbocycles. The highest BCUT2D eigenvalue weighted by molar-refractivity contribution is 5.84. The highest BCUT2D eigenvalue weighted by Crippen LogP contribution is 2.25. The minimum absolute atomic E-state index is 0.0547. The van der Waals surface area contributed by atoms with Crippen molar-refractivity contribution < 1.29 is 9.90 Å². The molecule has 2 aromatic rings. The van der Waals surface area contributed by atoms with Crippen LogP contribution in [0.3, 0.4) is 0 Å². The summed E-state index contributed by atoms with van der Waals surface area (Å²) in [6, 6.07) is 5.52. The second-order valence-electron chi connectivity index (χ2n) is 4.00. The number of aryl methyl sites for hydroxylation is 1. The first kappa shape index (κ1) is 10.7. The fourth-order valence-corrected chi connectivity index (χ4v) is 1.87. The summed E-state index contributed by atoms with van der Waals surface area (Å²) in [5, 5.41) is 9.71. The topological polar surface area (TPSA) is 79.1 Å². The molecule has 0 amide bonds. The Bertz CT molecular complexity index is 531. The van der Waals surface area contributed by atoms with Gasteiger partial charge in [0.25, 0.3) is 0 Å². The molecule has 4 heteroatoms. The van der Waals surface area contributed by atoms with E-state index < -0.39 is 12.0 Å². The van der Waals surface area contributed by atoms with Gasteiger partial charge in [-0.05, 0) is 24.1 Å². The van der Waals surface area contributed by atoms with Gasteiger partial charge in [-0.15, -0.1) is 0 Å². The fraction of sp³-hybridized carbons (Fsp3) is 0.250. The molecule has 0 aliphatic rings. The second-order valence-corrected chi connectivity index (χ2v) is 4.00. The van der Waals surface area contributed by atoms with Crippen LogP contribution in [0.2, 0.25) is 0 Å². The lowest BCUT2D eigenvalue weighted by atomic mass is 10.0. The number of H-pyrrole nitrogens is 1. The number of aromatic amines is 1. The lowest BCUT2D eigenvalue weighted by Gasteiger charge is -2.07. The Morgan fingerprint density at radius 2 is 2.31 bits per heavy atom. The van der Waals surface area contributed by atoms with Crippen LogP contribution in [-0.2, 0) is 4.79 Å². The normalized spacial score (nSPS) is 12.9. The number of hydrogen-bond acceptors (Lipinski definition) is 2. The zero-order valence-electron chi connectivity index (χ0n) is 9.03. The van der Waals surface area contributed by atoms with E-state index in [1.165, 1.54) is 0 Å². The molecule has 1 heterocycles. The number of hydrogen-bond donors (Lipinski definition) is 3. The van der Waals surface area contributed by atoms with Crippen LogP contribution in [0.1, 0.15) is 23.6 Å². The van der Waals surface area contributed by atoms with E-state index in [2.05, 4.69) is 4.98 Å². The number of fused-ring (bicyclic) bond motifs is 1. The van der Waals surface area contributed by atoms with Gasteiger partial charge in [0.15, 0.2) is 0 Å². The van der Waals surface area contributed by atoms with E-state index in [0.29, 0.717) is 0 Å². The van der Waals surface area contributed by atoms with Crippen molar-refractivity contribution in [1.29, 1.82) is 0 Å². The molecule has 2 rings (SSSR count). The van der Waals surface area contributed by atoms with Crippen LogP contribution in [-0.4, -0.2) is 16.1 Å². The molecule has 4 nitrogen and oxygen atoms in total. The lowest BCUT2D eigenvalue weighted by Crippen LogP contribution is -2.14. The van der Waals surface area contributed by atoms with Crippen molar-refractivity contribution >= 4 is 16.9 Å². The van der Waals surface area contributed by atoms with Gasteiger partial charge in [0.1, 0.15) is 0 Å². The van der Waals surface area contributed by atoms with Crippen molar-refractivity contribution in [3.8, 4) is 0 Å². The van der Waals surface area contributed by atoms with E-state index in [1.54, 1.807) is 6.20 Å². The largest absolute Gasteiger partial charge is 0.481 e. The molecule has 1 aromatic carbocycles. The van der Waals surface area contributed by atoms with E-state index in [4.69, 9.17) is 10.8 Å². The third-order valence-corrected chi connectivity index (χ3v) is 2.66. The van der Waals surface area contributed by atoms with Crippen molar-refractivity contribution in [2.75, 3.05) is 0 Å². The maximum Gasteiger partial charge on any atom is 0.305 e. The van der Waals surface area contributed by atoms with Gasteiger partial charge in [0.05, 0.1) is 6.42 Å². The first-order valence-electron chi connectivity index (χ1n) is 5.13. The minimum Gasteiger partial charge on any atom is -0.481 e. The van der Waals surface area contributed by atoms with Crippen LogP contribution in [0.4, 0.5) is 0 Å². The number of carboxylic acids is 1. The number of carbonyl (C=O) groups is 1. The average Bonchev–Trinajstić information content (AvgIpc) is 2.59.